The van der Waals surface area contributed by atoms with Crippen molar-refractivity contribution >= 4 is 35.3 Å². The van der Waals surface area contributed by atoms with Crippen molar-refractivity contribution in [2.75, 3.05) is 0 Å². The molecule has 0 amide bonds. The number of aryl methyl sites for hydroxylation is 1. The van der Waals surface area contributed by atoms with E-state index in [0.29, 0.717) is 11.6 Å². The first-order chi connectivity index (χ1) is 20.4. The van der Waals surface area contributed by atoms with Gasteiger partial charge >= 0.3 is 0 Å². The molecule has 4 heterocycles. The van der Waals surface area contributed by atoms with Crippen LogP contribution in [0.15, 0.2) is 89.7 Å². The van der Waals surface area contributed by atoms with E-state index in [4.69, 9.17) is 13.5 Å². The molecule has 211 valence electrons. The maximum Gasteiger partial charge on any atom is 0.216 e. The van der Waals surface area contributed by atoms with Gasteiger partial charge in [-0.15, -0.1) is 59.7 Å². The molecule has 0 spiro atoms. The van der Waals surface area contributed by atoms with Crippen molar-refractivity contribution in [1.82, 2.24) is 15.0 Å². The van der Waals surface area contributed by atoms with Gasteiger partial charge in [0, 0.05) is 48.2 Å². The van der Waals surface area contributed by atoms with Crippen molar-refractivity contribution in [1.29, 1.82) is 0 Å². The summed E-state index contributed by atoms with van der Waals surface area (Å²) >= 11 is 0. The Kier molecular flexibility index (Phi) is 8.41. The van der Waals surface area contributed by atoms with Crippen LogP contribution in [0.2, 0.25) is 19.6 Å². The number of benzene rings is 2. The molecule has 0 unspecified atom stereocenters. The van der Waals surface area contributed by atoms with E-state index in [2.05, 4.69) is 73.9 Å². The third kappa shape index (κ3) is 7.26. The van der Waals surface area contributed by atoms with Crippen LogP contribution < -0.4 is 5.19 Å². The average Bonchev–Trinajstić information content (AvgIpc) is 3.35. The zero-order chi connectivity index (χ0) is 30.8. The summed E-state index contributed by atoms with van der Waals surface area (Å²) in [7, 11) is -1.43. The van der Waals surface area contributed by atoms with Gasteiger partial charge in [0.15, 0.2) is 0 Å². The molecule has 0 saturated carbocycles. The van der Waals surface area contributed by atoms with Crippen LogP contribution in [0.5, 0.6) is 0 Å². The average molecular weight is 737 g/mol. The molecule has 6 rings (SSSR count). The number of aromatic nitrogens is 3. The van der Waals surface area contributed by atoms with E-state index >= 15 is 0 Å². The molecule has 2 aromatic carbocycles. The molecule has 0 aliphatic rings. The largest absolute Gasteiger partial charge is 0.486 e. The van der Waals surface area contributed by atoms with Crippen molar-refractivity contribution in [2.24, 2.45) is 5.92 Å². The van der Waals surface area contributed by atoms with E-state index in [1.165, 1.54) is 16.9 Å². The summed E-state index contributed by atoms with van der Waals surface area (Å²) in [5.74, 6) is 0.616. The van der Waals surface area contributed by atoms with Crippen molar-refractivity contribution < 1.29 is 28.6 Å². The molecule has 0 atom stereocenters. The first-order valence-electron chi connectivity index (χ1n) is 15.0. The normalized spacial score (nSPS) is 12.7. The Morgan fingerprint density at radius 1 is 0.878 bits per heavy atom. The Balaban J connectivity index is 0.000000223. The summed E-state index contributed by atoms with van der Waals surface area (Å²) in [6.07, 6.45) is 6.33. The van der Waals surface area contributed by atoms with E-state index in [-0.39, 0.29) is 25.7 Å². The summed E-state index contributed by atoms with van der Waals surface area (Å²) in [6.45, 7) is 9.61. The van der Waals surface area contributed by atoms with Gasteiger partial charge in [-0.25, -0.2) is 4.98 Å². The van der Waals surface area contributed by atoms with Gasteiger partial charge in [0.1, 0.15) is 0 Å². The first-order valence-corrected chi connectivity index (χ1v) is 17.0. The van der Waals surface area contributed by atoms with Gasteiger partial charge in [0.05, 0.1) is 13.7 Å². The Bertz CT molecular complexity index is 1850. The fourth-order valence-electron chi connectivity index (χ4n) is 4.74. The molecule has 6 aromatic rings. The Hall–Kier alpha value is -3.44. The Labute approximate surface area is 261 Å². The number of hydrogen-bond acceptors (Lipinski definition) is 4. The summed E-state index contributed by atoms with van der Waals surface area (Å²) < 4.78 is 27.5. The second-order valence-electron chi connectivity index (χ2n) is 11.4. The molecule has 4 nitrogen and oxygen atoms in total. The molecule has 41 heavy (non-hydrogen) atoms. The van der Waals surface area contributed by atoms with E-state index in [1.807, 2.05) is 36.4 Å². The second-order valence-corrected chi connectivity index (χ2v) is 16.4. The van der Waals surface area contributed by atoms with E-state index in [9.17, 15) is 0 Å². The van der Waals surface area contributed by atoms with Gasteiger partial charge in [-0.05, 0) is 53.5 Å². The maximum absolute atomic E-state index is 7.23. The van der Waals surface area contributed by atoms with Gasteiger partial charge < -0.3 is 14.4 Å². The molecule has 1 radical (unpaired) electrons. The van der Waals surface area contributed by atoms with Crippen LogP contribution in [-0.2, 0) is 26.5 Å². The number of pyridine rings is 3. The van der Waals surface area contributed by atoms with Gasteiger partial charge in [-0.1, -0.05) is 62.6 Å². The van der Waals surface area contributed by atoms with Crippen LogP contribution >= 0.6 is 0 Å². The van der Waals surface area contributed by atoms with Crippen LogP contribution in [-0.4, -0.2) is 23.0 Å². The van der Waals surface area contributed by atoms with Crippen LogP contribution in [0.3, 0.4) is 0 Å². The predicted octanol–water partition coefficient (Wildman–Crippen LogP) is 8.44. The molecule has 6 heteroatoms. The van der Waals surface area contributed by atoms with Crippen LogP contribution in [0.1, 0.15) is 29.1 Å². The Morgan fingerprint density at radius 2 is 1.71 bits per heavy atom. The standard InChI is InChI=1S/C23H25N2OSi.C12H10N.Ir/c1-15(2)11-17-13-20(25-14-22(17)27(3,4)5)16-8-9-21-19(12-16)18-7-6-10-24-23(18)26-21;1-10-7-8-12(13-9-10)11-5-3-2-4-6-11;/h6-7,9-10,12-15H,11H2,1-5H3;2-5,7-9H,1H3;/q2*-1;/i;1D3;. The number of fused-ring (bicyclic) bond motifs is 3. The predicted molar refractivity (Wildman–Crippen MR) is 168 cm³/mol. The fraction of sp³-hybridized carbons (Fsp3) is 0.229. The molecule has 4 aromatic heterocycles. The molecule has 0 aliphatic carbocycles. The summed E-state index contributed by atoms with van der Waals surface area (Å²) in [4.78, 5) is 13.3. The minimum atomic E-state index is -2.09. The number of rotatable bonds is 5. The molecular formula is C35H35IrN3OSi-2. The second kappa shape index (κ2) is 13.0. The first kappa shape index (κ1) is 26.5. The SMILES string of the molecule is CC(C)Cc1cc(-c2[c-]cc3oc4ncccc4c3c2)ncc1[Si](C)(C)C.[2H]C([2H])([2H])c1ccc(-c2[c-]cccc2)nc1.[Ir]. The molecule has 0 N–H and O–H groups in total. The third-order valence-electron chi connectivity index (χ3n) is 6.63. The zero-order valence-corrected chi connectivity index (χ0v) is 27.3. The molecule has 0 saturated heterocycles. The monoisotopic (exact) mass is 737 g/mol. The van der Waals surface area contributed by atoms with E-state index < -0.39 is 14.9 Å². The van der Waals surface area contributed by atoms with E-state index in [0.717, 1.165) is 45.3 Å². The Morgan fingerprint density at radius 3 is 2.39 bits per heavy atom. The fourth-order valence-corrected chi connectivity index (χ4v) is 6.33. The van der Waals surface area contributed by atoms with Crippen molar-refractivity contribution in [2.45, 2.75) is 46.8 Å². The van der Waals surface area contributed by atoms with Crippen LogP contribution in [0.25, 0.3) is 44.6 Å². The minimum absolute atomic E-state index is 0. The number of furan rings is 1. The molecule has 0 fully saturated rings. The maximum atomic E-state index is 7.23. The van der Waals surface area contributed by atoms with Gasteiger partial charge in [0.2, 0.25) is 5.71 Å². The minimum Gasteiger partial charge on any atom is -0.486 e. The number of hydrogen-bond donors (Lipinski definition) is 0. The van der Waals surface area contributed by atoms with Crippen molar-refractivity contribution in [3.8, 4) is 22.5 Å². The van der Waals surface area contributed by atoms with Crippen LogP contribution in [0, 0.1) is 24.9 Å². The van der Waals surface area contributed by atoms with Crippen molar-refractivity contribution in [3.05, 3.63) is 109 Å². The molecule has 0 bridgehead atoms. The van der Waals surface area contributed by atoms with E-state index in [1.54, 1.807) is 24.4 Å². The van der Waals surface area contributed by atoms with Crippen LogP contribution in [0.4, 0.5) is 0 Å². The van der Waals surface area contributed by atoms with Crippen molar-refractivity contribution in [3.63, 3.8) is 0 Å². The zero-order valence-electron chi connectivity index (χ0n) is 27.0. The quantitative estimate of drug-likeness (QED) is 0.132. The summed E-state index contributed by atoms with van der Waals surface area (Å²) in [5, 5.41) is 3.55. The topological polar surface area (TPSA) is 51.8 Å². The molecule has 0 aliphatic heterocycles. The number of nitrogens with zero attached hydrogens (tertiary/aromatic N) is 3. The van der Waals surface area contributed by atoms with Gasteiger partial charge in [0.25, 0.3) is 0 Å². The molecular weight excluding hydrogens is 699 g/mol. The third-order valence-corrected chi connectivity index (χ3v) is 8.70. The smallest absolute Gasteiger partial charge is 0.216 e. The van der Waals surface area contributed by atoms with Gasteiger partial charge in [-0.2, -0.15) is 0 Å². The van der Waals surface area contributed by atoms with Gasteiger partial charge in [-0.3, -0.25) is 0 Å². The summed E-state index contributed by atoms with van der Waals surface area (Å²) in [5.41, 5.74) is 6.74. The summed E-state index contributed by atoms with van der Waals surface area (Å²) in [6, 6.07) is 27.4.